The van der Waals surface area contributed by atoms with Gasteiger partial charge in [0.1, 0.15) is 0 Å². The molecule has 5 nitrogen and oxygen atoms in total. The van der Waals surface area contributed by atoms with E-state index in [4.69, 9.17) is 5.73 Å². The Bertz CT molecular complexity index is 430. The smallest absolute Gasteiger partial charge is 0.0566 e. The van der Waals surface area contributed by atoms with E-state index in [0.29, 0.717) is 6.17 Å². The molecule has 2 unspecified atom stereocenters. The Hall–Kier alpha value is -0.200. The van der Waals surface area contributed by atoms with Gasteiger partial charge in [-0.3, -0.25) is 10.2 Å². The Morgan fingerprint density at radius 1 is 0.900 bits per heavy atom. The number of nitrogens with one attached hydrogen (secondary N) is 2. The summed E-state index contributed by atoms with van der Waals surface area (Å²) >= 11 is 0. The molecule has 0 aromatic carbocycles. The SMILES string of the molecule is CCCN(C)CCCCCC(CNCC)(CC(C)(C)N)CC(C)(C)NC(C)N(C)C. The molecule has 5 heteroatoms. The number of unbranched alkanes of at least 4 members (excludes halogenated alkanes) is 2. The molecule has 0 spiro atoms. The summed E-state index contributed by atoms with van der Waals surface area (Å²) in [6.07, 6.45) is 8.86. The van der Waals surface area contributed by atoms with Gasteiger partial charge in [-0.1, -0.05) is 26.7 Å². The van der Waals surface area contributed by atoms with Gasteiger partial charge >= 0.3 is 0 Å². The van der Waals surface area contributed by atoms with Gasteiger partial charge in [-0.05, 0) is 113 Å². The van der Waals surface area contributed by atoms with Gasteiger partial charge in [0.05, 0.1) is 6.17 Å². The molecule has 0 rings (SSSR count). The third kappa shape index (κ3) is 14.0. The van der Waals surface area contributed by atoms with Crippen LogP contribution in [0.3, 0.4) is 0 Å². The van der Waals surface area contributed by atoms with Crippen molar-refractivity contribution in [2.45, 2.75) is 111 Å². The number of rotatable bonds is 18. The molecule has 2 atom stereocenters. The van der Waals surface area contributed by atoms with Crippen molar-refractivity contribution in [1.29, 1.82) is 0 Å². The van der Waals surface area contributed by atoms with Gasteiger partial charge in [-0.2, -0.15) is 0 Å². The third-order valence-electron chi connectivity index (χ3n) is 6.12. The molecule has 0 radical (unpaired) electrons. The van der Waals surface area contributed by atoms with E-state index in [1.807, 2.05) is 0 Å². The zero-order valence-corrected chi connectivity index (χ0v) is 22.3. The molecule has 30 heavy (non-hydrogen) atoms. The summed E-state index contributed by atoms with van der Waals surface area (Å²) in [5.41, 5.74) is 6.68. The first-order valence-electron chi connectivity index (χ1n) is 12.4. The summed E-state index contributed by atoms with van der Waals surface area (Å²) in [6, 6.07) is 0. The van der Waals surface area contributed by atoms with E-state index >= 15 is 0 Å². The number of hydrogen-bond donors (Lipinski definition) is 3. The molecule has 0 fully saturated rings. The van der Waals surface area contributed by atoms with Crippen LogP contribution in [0.15, 0.2) is 0 Å². The molecule has 0 aliphatic heterocycles. The highest BCUT2D eigenvalue weighted by Crippen LogP contribution is 2.40. The molecule has 0 bridgehead atoms. The molecular formula is C25H57N5. The fourth-order valence-electron chi connectivity index (χ4n) is 5.04. The Morgan fingerprint density at radius 3 is 2.03 bits per heavy atom. The van der Waals surface area contributed by atoms with Crippen molar-refractivity contribution in [3.63, 3.8) is 0 Å². The maximum atomic E-state index is 6.60. The van der Waals surface area contributed by atoms with E-state index < -0.39 is 0 Å². The van der Waals surface area contributed by atoms with Crippen molar-refractivity contribution < 1.29 is 0 Å². The predicted molar refractivity (Wildman–Crippen MR) is 135 cm³/mol. The van der Waals surface area contributed by atoms with Crippen molar-refractivity contribution in [1.82, 2.24) is 20.4 Å². The van der Waals surface area contributed by atoms with Gasteiger partial charge in [-0.25, -0.2) is 0 Å². The molecule has 4 N–H and O–H groups in total. The van der Waals surface area contributed by atoms with Crippen LogP contribution in [0.2, 0.25) is 0 Å². The highest BCUT2D eigenvalue weighted by molar-refractivity contribution is 4.96. The lowest BCUT2D eigenvalue weighted by Gasteiger charge is -2.46. The number of nitrogens with two attached hydrogens (primary N) is 1. The second-order valence-corrected chi connectivity index (χ2v) is 11.4. The average Bonchev–Trinajstić information content (AvgIpc) is 2.57. The maximum absolute atomic E-state index is 6.60. The molecule has 0 aliphatic rings. The zero-order chi connectivity index (χ0) is 23.4. The Balaban J connectivity index is 5.24. The second kappa shape index (κ2) is 14.1. The lowest BCUT2D eigenvalue weighted by atomic mass is 9.67. The van der Waals surface area contributed by atoms with Gasteiger partial charge in [-0.15, -0.1) is 0 Å². The van der Waals surface area contributed by atoms with Gasteiger partial charge in [0.2, 0.25) is 0 Å². The monoisotopic (exact) mass is 427 g/mol. The lowest BCUT2D eigenvalue weighted by Crippen LogP contribution is -2.55. The quantitative estimate of drug-likeness (QED) is 0.225. The second-order valence-electron chi connectivity index (χ2n) is 11.4. The molecule has 0 aromatic rings. The molecule has 0 aliphatic carbocycles. The molecule has 182 valence electrons. The van der Waals surface area contributed by atoms with Crippen LogP contribution in [0.4, 0.5) is 0 Å². The first kappa shape index (κ1) is 29.8. The molecule has 0 saturated heterocycles. The largest absolute Gasteiger partial charge is 0.326 e. The maximum Gasteiger partial charge on any atom is 0.0566 e. The Kier molecular flexibility index (Phi) is 14.0. The minimum absolute atomic E-state index is 0.0473. The summed E-state index contributed by atoms with van der Waals surface area (Å²) in [7, 11) is 6.52. The van der Waals surface area contributed by atoms with Crippen molar-refractivity contribution in [3.05, 3.63) is 0 Å². The van der Waals surface area contributed by atoms with Crippen LogP contribution in [-0.4, -0.2) is 74.4 Å². The highest BCUT2D eigenvalue weighted by atomic mass is 15.2. The summed E-state index contributed by atoms with van der Waals surface area (Å²) in [4.78, 5) is 4.71. The third-order valence-corrected chi connectivity index (χ3v) is 6.12. The fraction of sp³-hybridized carbons (Fsp3) is 1.00. The highest BCUT2D eigenvalue weighted by Gasteiger charge is 2.39. The van der Waals surface area contributed by atoms with Crippen LogP contribution in [0.25, 0.3) is 0 Å². The van der Waals surface area contributed by atoms with Gasteiger partial charge < -0.3 is 16.0 Å². The van der Waals surface area contributed by atoms with E-state index in [2.05, 4.69) is 90.0 Å². The van der Waals surface area contributed by atoms with E-state index in [0.717, 1.165) is 25.9 Å². The molecule has 0 heterocycles. The minimum Gasteiger partial charge on any atom is -0.326 e. The topological polar surface area (TPSA) is 56.6 Å². The number of hydrogen-bond acceptors (Lipinski definition) is 5. The Labute approximate surface area is 189 Å². The zero-order valence-electron chi connectivity index (χ0n) is 22.3. The van der Waals surface area contributed by atoms with Crippen LogP contribution in [0, 0.1) is 5.41 Å². The lowest BCUT2D eigenvalue weighted by molar-refractivity contribution is 0.0984. The minimum atomic E-state index is -0.167. The molecule has 0 amide bonds. The fourth-order valence-corrected chi connectivity index (χ4v) is 5.04. The van der Waals surface area contributed by atoms with Crippen LogP contribution >= 0.6 is 0 Å². The van der Waals surface area contributed by atoms with E-state index in [1.54, 1.807) is 0 Å². The molecule has 0 aromatic heterocycles. The van der Waals surface area contributed by atoms with Crippen LogP contribution < -0.4 is 16.4 Å². The van der Waals surface area contributed by atoms with Gasteiger partial charge in [0.15, 0.2) is 0 Å². The first-order valence-corrected chi connectivity index (χ1v) is 12.4. The first-order chi connectivity index (χ1) is 13.8. The standard InChI is InChI=1S/C25H57N5/c1-11-17-30(10)18-15-13-14-16-25(21-27-12-2,19-23(4,5)26)20-24(6,7)28-22(3)29(8)9/h22,27-28H,11-21,26H2,1-10H3. The molecular weight excluding hydrogens is 370 g/mol. The average molecular weight is 428 g/mol. The van der Waals surface area contributed by atoms with Gasteiger partial charge in [0, 0.05) is 17.6 Å². The van der Waals surface area contributed by atoms with Gasteiger partial charge in [0.25, 0.3) is 0 Å². The van der Waals surface area contributed by atoms with E-state index in [9.17, 15) is 0 Å². The van der Waals surface area contributed by atoms with Crippen molar-refractivity contribution in [2.75, 3.05) is 47.3 Å². The van der Waals surface area contributed by atoms with Crippen molar-refractivity contribution in [2.24, 2.45) is 11.1 Å². The van der Waals surface area contributed by atoms with Crippen LogP contribution in [0.1, 0.15) is 93.4 Å². The summed E-state index contributed by atoms with van der Waals surface area (Å²) < 4.78 is 0. The molecule has 0 saturated carbocycles. The summed E-state index contributed by atoms with van der Waals surface area (Å²) in [5, 5.41) is 7.54. The van der Waals surface area contributed by atoms with E-state index in [1.165, 1.54) is 45.2 Å². The predicted octanol–water partition coefficient (Wildman–Crippen LogP) is 4.28. The van der Waals surface area contributed by atoms with E-state index in [-0.39, 0.29) is 16.5 Å². The normalized spacial score (nSPS) is 16.3. The summed E-state index contributed by atoms with van der Waals surface area (Å²) in [6.45, 7) is 20.3. The number of nitrogens with zero attached hydrogens (tertiary/aromatic N) is 2. The van der Waals surface area contributed by atoms with Crippen LogP contribution in [0.5, 0.6) is 0 Å². The summed E-state index contributed by atoms with van der Waals surface area (Å²) in [5.74, 6) is 0. The Morgan fingerprint density at radius 2 is 1.53 bits per heavy atom. The van der Waals surface area contributed by atoms with Crippen LogP contribution in [-0.2, 0) is 0 Å². The van der Waals surface area contributed by atoms with Crippen molar-refractivity contribution >= 4 is 0 Å². The van der Waals surface area contributed by atoms with Crippen molar-refractivity contribution in [3.8, 4) is 0 Å².